The number of Topliss-reactive ketones (excluding diaryl/α,β-unsaturated/α-hetero) is 2. The molecule has 666 valence electrons. The molecule has 0 spiro atoms. The number of halogens is 3. The Balaban J connectivity index is 0.000000145. The molecular formula is C97H110ClF2N15O11S. The molecule has 1 unspecified atom stereocenters. The van der Waals surface area contributed by atoms with Gasteiger partial charge in [-0.1, -0.05) is 129 Å². The number of rotatable bonds is 19. The summed E-state index contributed by atoms with van der Waals surface area (Å²) in [5.74, 6) is 0.845. The van der Waals surface area contributed by atoms with Crippen molar-refractivity contribution in [3.8, 4) is 5.75 Å². The number of thiocarbonyl (C=S) groups is 1. The highest BCUT2D eigenvalue weighted by atomic mass is 35.5. The van der Waals surface area contributed by atoms with Crippen LogP contribution in [0.2, 0.25) is 5.02 Å². The number of phenols is 1. The Morgan fingerprint density at radius 1 is 0.622 bits per heavy atom. The first-order valence-corrected chi connectivity index (χ1v) is 44.1. The number of anilines is 5. The number of piperazine rings is 5. The van der Waals surface area contributed by atoms with E-state index >= 15 is 0 Å². The van der Waals surface area contributed by atoms with Gasteiger partial charge in [0.2, 0.25) is 17.8 Å². The number of aryl methyl sites for hydroxylation is 2. The Morgan fingerprint density at radius 2 is 1.20 bits per heavy atom. The minimum atomic E-state index is -0.590. The van der Waals surface area contributed by atoms with E-state index in [0.29, 0.717) is 160 Å². The number of unbranched alkanes of at least 4 members (excludes halogenated alkanes) is 1. The molecule has 8 heterocycles. The number of carbonyl (C=O) groups is 7. The number of ketones is 2. The topological polar surface area (TPSA) is 279 Å². The lowest BCUT2D eigenvalue weighted by atomic mass is 9.82. The van der Waals surface area contributed by atoms with Crippen molar-refractivity contribution in [1.29, 1.82) is 0 Å². The predicted octanol–water partition coefficient (Wildman–Crippen LogP) is 15.6. The second kappa shape index (κ2) is 45.0. The lowest BCUT2D eigenvalue weighted by molar-refractivity contribution is -0.385. The fraction of sp³-hybridized carbons (Fsp3) is 0.371. The maximum atomic E-state index is 14.2. The van der Waals surface area contributed by atoms with Crippen LogP contribution in [0.4, 0.5) is 43.2 Å². The summed E-state index contributed by atoms with van der Waals surface area (Å²) in [6.07, 6.45) is 9.09. The minimum Gasteiger partial charge on any atom is -0.508 e. The Kier molecular flexibility index (Phi) is 33.2. The van der Waals surface area contributed by atoms with Crippen LogP contribution in [-0.4, -0.2) is 231 Å². The van der Waals surface area contributed by atoms with Gasteiger partial charge in [0.25, 0.3) is 23.4 Å². The van der Waals surface area contributed by atoms with Crippen LogP contribution in [0.25, 0.3) is 10.9 Å². The summed E-state index contributed by atoms with van der Waals surface area (Å²) in [6.45, 7) is 26.0. The number of amides is 5. The van der Waals surface area contributed by atoms with Crippen molar-refractivity contribution in [2.24, 2.45) is 5.92 Å². The van der Waals surface area contributed by atoms with E-state index in [1.807, 2.05) is 147 Å². The summed E-state index contributed by atoms with van der Waals surface area (Å²) in [6, 6.07) is 52.6. The number of pyridine rings is 1. The largest absolute Gasteiger partial charge is 0.508 e. The number of fused-ring (bicyclic) bond motifs is 2. The molecule has 26 nitrogen and oxygen atoms in total. The van der Waals surface area contributed by atoms with Crippen molar-refractivity contribution in [1.82, 2.24) is 44.4 Å². The van der Waals surface area contributed by atoms with Crippen molar-refractivity contribution < 1.29 is 56.8 Å². The average molecular weight is 1770 g/mol. The molecule has 10 aromatic rings. The first-order valence-electron chi connectivity index (χ1n) is 43.3. The quantitative estimate of drug-likeness (QED) is 0.0432. The van der Waals surface area contributed by atoms with E-state index in [2.05, 4.69) is 61.2 Å². The number of nitro groups is 1. The maximum absolute atomic E-state index is 14.2. The van der Waals surface area contributed by atoms with Crippen LogP contribution < -0.4 is 24.9 Å². The average Bonchev–Trinajstić information content (AvgIpc) is 0.993. The number of nitro benzene ring substituents is 1. The minimum absolute atomic E-state index is 0.00471. The van der Waals surface area contributed by atoms with E-state index in [4.69, 9.17) is 33.2 Å². The molecule has 5 aliphatic heterocycles. The van der Waals surface area contributed by atoms with Gasteiger partial charge in [0, 0.05) is 215 Å². The molecule has 1 aliphatic carbocycles. The van der Waals surface area contributed by atoms with Crippen molar-refractivity contribution in [3.05, 3.63) is 272 Å². The first kappa shape index (κ1) is 93.6. The van der Waals surface area contributed by atoms with Crippen LogP contribution in [0.1, 0.15) is 142 Å². The van der Waals surface area contributed by atoms with E-state index in [1.54, 1.807) is 61.3 Å². The van der Waals surface area contributed by atoms with Crippen LogP contribution in [-0.2, 0) is 27.3 Å². The third-order valence-corrected chi connectivity index (χ3v) is 23.8. The van der Waals surface area contributed by atoms with E-state index in [-0.39, 0.29) is 70.7 Å². The molecule has 127 heavy (non-hydrogen) atoms. The fourth-order valence-electron chi connectivity index (χ4n) is 16.2. The summed E-state index contributed by atoms with van der Waals surface area (Å²) in [5, 5.41) is 26.1. The van der Waals surface area contributed by atoms with Gasteiger partial charge in [0.1, 0.15) is 17.3 Å². The zero-order chi connectivity index (χ0) is 90.2. The van der Waals surface area contributed by atoms with Crippen molar-refractivity contribution in [2.45, 2.75) is 99.0 Å². The van der Waals surface area contributed by atoms with Crippen LogP contribution in [0.15, 0.2) is 199 Å². The smallest absolute Gasteiger partial charge is 0.289 e. The second-order valence-corrected chi connectivity index (χ2v) is 33.7. The summed E-state index contributed by atoms with van der Waals surface area (Å²) >= 11 is 11.4. The normalized spacial score (nSPS) is 15.9. The van der Waals surface area contributed by atoms with E-state index in [1.165, 1.54) is 35.6 Å². The molecule has 7 aromatic carbocycles. The molecule has 2 N–H and O–H groups in total. The molecule has 5 fully saturated rings. The number of phenolic OH excluding ortho intramolecular Hbond substituents is 1. The zero-order valence-electron chi connectivity index (χ0n) is 72.8. The van der Waals surface area contributed by atoms with Crippen molar-refractivity contribution in [3.63, 3.8) is 0 Å². The Morgan fingerprint density at radius 3 is 1.83 bits per heavy atom. The fourth-order valence-corrected chi connectivity index (χ4v) is 16.7. The van der Waals surface area contributed by atoms with Crippen LogP contribution >= 0.6 is 23.8 Å². The highest BCUT2D eigenvalue weighted by Crippen LogP contribution is 2.38. The van der Waals surface area contributed by atoms with Gasteiger partial charge in [-0.25, -0.2) is 18.7 Å². The first-order chi connectivity index (χ1) is 61.2. The number of aromatic nitrogens is 3. The molecular weight excluding hydrogens is 1660 g/mol. The molecule has 0 radical (unpaired) electrons. The number of benzene rings is 7. The summed E-state index contributed by atoms with van der Waals surface area (Å²) in [7, 11) is 0. The number of para-hydroxylation sites is 3. The van der Waals surface area contributed by atoms with E-state index < -0.39 is 10.7 Å². The molecule has 5 saturated heterocycles. The molecule has 6 aliphatic rings. The standard InChI is InChI=1S/C23H22N4O4.C20H18ClN3O.C19H21FN2O.C19H27N3O2S.C16H22FN3O3/c28-19-5-2-1-4-16(19)15-12-18-17(20(29)13-15)14-24-23(25-18)27-9-7-26(8-10-27)22(30)21-6-3-11-31-21;21-16-6-7-17-18(14-16)22-9-8-19(17)23-10-12-24(13-11-23)20(25)15-4-2-1-3-5-15;1-15-2-4-16(5-3-15)14-21-10-12-22(13-11-21)19(23)17-6-8-18(20)9-7-17;1-14(2)12-16(24)13-19(25)20-17-6-4-5-7-18(17)22-10-8-21(9-11-22)15(3)23;1-3-4-5-16(21)19-8-6-18(7-9-19)15-10-12(2)14(20(22)23)11-13(15)17/h1-6,11,14-15,28H,7-10,12-13H2;1-9,14H,10-13H2;2-9H,10-14H2,1H3;4-7,14H,8-13H2,1-3H3,(H,20,25);10-11H,3-9H2,1-2H3. The molecule has 1 atom stereocenters. The van der Waals surface area contributed by atoms with Gasteiger partial charge < -0.3 is 58.9 Å². The maximum Gasteiger partial charge on any atom is 0.289 e. The van der Waals surface area contributed by atoms with Crippen LogP contribution in [0, 0.1) is 41.5 Å². The van der Waals surface area contributed by atoms with Crippen LogP contribution in [0.5, 0.6) is 5.75 Å². The third-order valence-electron chi connectivity index (χ3n) is 23.3. The third kappa shape index (κ3) is 25.6. The molecule has 0 bridgehead atoms. The molecule has 5 amide bonds. The molecule has 3 aromatic heterocycles. The second-order valence-electron chi connectivity index (χ2n) is 32.8. The SMILES string of the molecule is CC(=O)N1CCN(c2ccccc2NC(=S)CC(=O)CC(C)C)CC1.CCCCC(=O)N1CCN(c2cc(C)c([N+](=O)[O-])cc2F)CC1.Cc1ccc(CN2CCN(C(=O)c3ccc(F)cc3)CC2)cc1.O=C(c1ccccc1)N1CCN(c2ccnc3cc(Cl)ccc23)CC1.O=C1CC(c2ccccc2O)Cc2nc(N3CCN(C(=O)c4ccco4)CC3)ncc21. The molecule has 30 heteroatoms. The summed E-state index contributed by atoms with van der Waals surface area (Å²) in [4.78, 5) is 130. The van der Waals surface area contributed by atoms with Gasteiger partial charge in [-0.3, -0.25) is 53.6 Å². The van der Waals surface area contributed by atoms with E-state index in [0.717, 1.165) is 117 Å². The highest BCUT2D eigenvalue weighted by molar-refractivity contribution is 7.80. The number of nitrogens with one attached hydrogen (secondary N) is 1. The number of nitrogens with zero attached hydrogens (tertiary/aromatic N) is 14. The summed E-state index contributed by atoms with van der Waals surface area (Å²) < 4.78 is 32.3. The zero-order valence-corrected chi connectivity index (χ0v) is 74.3. The number of carbonyl (C=O) groups excluding carboxylic acids is 7. The van der Waals surface area contributed by atoms with Gasteiger partial charge in [0.15, 0.2) is 17.4 Å². The monoisotopic (exact) mass is 1770 g/mol. The van der Waals surface area contributed by atoms with Gasteiger partial charge in [-0.15, -0.1) is 0 Å². The van der Waals surface area contributed by atoms with Gasteiger partial charge in [-0.05, 0) is 141 Å². The highest BCUT2D eigenvalue weighted by Gasteiger charge is 2.34. The molecule has 16 rings (SSSR count). The number of aromatic hydroxyl groups is 1. The van der Waals surface area contributed by atoms with Gasteiger partial charge in [-0.2, -0.15) is 0 Å². The Labute approximate surface area is 750 Å². The number of hydrogen-bond acceptors (Lipinski definition) is 20. The lowest BCUT2D eigenvalue weighted by Crippen LogP contribution is -2.49. The lowest BCUT2D eigenvalue weighted by Gasteiger charge is -2.36. The predicted molar refractivity (Wildman–Crippen MR) is 495 cm³/mol. The number of furan rings is 1. The number of hydrogen-bond donors (Lipinski definition) is 2. The van der Waals surface area contributed by atoms with E-state index in [9.17, 15) is 57.6 Å². The van der Waals surface area contributed by atoms with Crippen molar-refractivity contribution >= 4 is 115 Å². The Bertz CT molecular complexity index is 5470. The summed E-state index contributed by atoms with van der Waals surface area (Å²) in [5.41, 5.74) is 10.5. The van der Waals surface area contributed by atoms with Crippen molar-refractivity contribution in [2.75, 3.05) is 156 Å². The van der Waals surface area contributed by atoms with Gasteiger partial charge in [0.05, 0.1) is 62.5 Å². The molecule has 0 saturated carbocycles. The van der Waals surface area contributed by atoms with Crippen LogP contribution in [0.3, 0.4) is 0 Å². The Hall–Kier alpha value is -12.6. The van der Waals surface area contributed by atoms with Gasteiger partial charge >= 0.3 is 0 Å².